The Balaban J connectivity index is 3.20. The largest absolute Gasteiger partial charge is 0.308 e. The molecule has 1 aromatic rings. The van der Waals surface area contributed by atoms with Gasteiger partial charge in [-0.3, -0.25) is 4.90 Å². The molecule has 0 aliphatic carbocycles. The lowest BCUT2D eigenvalue weighted by molar-refractivity contribution is 0.0698. The van der Waals surface area contributed by atoms with E-state index in [9.17, 15) is 0 Å². The van der Waals surface area contributed by atoms with Gasteiger partial charge in [0.05, 0.1) is 6.04 Å². The van der Waals surface area contributed by atoms with Crippen LogP contribution in [0, 0.1) is 0 Å². The normalized spacial score (nSPS) is 16.0. The summed E-state index contributed by atoms with van der Waals surface area (Å²) < 4.78 is 0. The molecule has 0 fully saturated rings. The van der Waals surface area contributed by atoms with Crippen molar-refractivity contribution in [3.05, 3.63) is 34.9 Å². The van der Waals surface area contributed by atoms with Gasteiger partial charge in [-0.15, -0.1) is 0 Å². The quantitative estimate of drug-likeness (QED) is 0.698. The van der Waals surface area contributed by atoms with Crippen LogP contribution < -0.4 is 5.32 Å². The number of hydrogen-bond donors (Lipinski definition) is 1. The molecule has 0 amide bonds. The Morgan fingerprint density at radius 2 is 1.86 bits per heavy atom. The van der Waals surface area contributed by atoms with Crippen molar-refractivity contribution in [2.75, 3.05) is 19.6 Å². The average molecular weight is 311 g/mol. The molecule has 21 heavy (non-hydrogen) atoms. The van der Waals surface area contributed by atoms with Crippen molar-refractivity contribution in [3.63, 3.8) is 0 Å². The summed E-state index contributed by atoms with van der Waals surface area (Å²) in [6, 6.07) is 8.59. The standard InChI is InChI=1S/C18H31ClN2/c1-6-13-20-17(15-11-10-12-16(19)14-15)18(5,7-2)21(8-3)9-4/h10-12,14,17,20H,6-9,13H2,1-5H3. The number of rotatable bonds is 9. The molecule has 2 atom stereocenters. The summed E-state index contributed by atoms with van der Waals surface area (Å²) in [6.07, 6.45) is 2.23. The van der Waals surface area contributed by atoms with E-state index in [0.29, 0.717) is 6.04 Å². The smallest absolute Gasteiger partial charge is 0.0504 e. The summed E-state index contributed by atoms with van der Waals surface area (Å²) in [4.78, 5) is 2.56. The molecule has 0 radical (unpaired) electrons. The van der Waals surface area contributed by atoms with Crippen molar-refractivity contribution in [1.29, 1.82) is 0 Å². The summed E-state index contributed by atoms with van der Waals surface area (Å²) in [6.45, 7) is 14.5. The zero-order valence-electron chi connectivity index (χ0n) is 14.2. The molecule has 0 aliphatic rings. The number of likely N-dealkylation sites (N-methyl/N-ethyl adjacent to an activating group) is 1. The number of halogens is 1. The van der Waals surface area contributed by atoms with Crippen molar-refractivity contribution in [2.45, 2.75) is 59.0 Å². The van der Waals surface area contributed by atoms with E-state index >= 15 is 0 Å². The topological polar surface area (TPSA) is 15.3 Å². The van der Waals surface area contributed by atoms with Gasteiger partial charge in [0.2, 0.25) is 0 Å². The van der Waals surface area contributed by atoms with Gasteiger partial charge in [0.15, 0.2) is 0 Å². The second kappa shape index (κ2) is 8.77. The SMILES string of the molecule is CCCNC(c1cccc(Cl)c1)C(C)(CC)N(CC)CC. The van der Waals surface area contributed by atoms with Crippen LogP contribution >= 0.6 is 11.6 Å². The predicted molar refractivity (Wildman–Crippen MR) is 94.1 cm³/mol. The first-order valence-electron chi connectivity index (χ1n) is 8.27. The lowest BCUT2D eigenvalue weighted by Gasteiger charge is -2.46. The van der Waals surface area contributed by atoms with E-state index in [4.69, 9.17) is 11.6 Å². The third-order valence-corrected chi connectivity index (χ3v) is 4.84. The second-order valence-corrected chi connectivity index (χ2v) is 6.26. The van der Waals surface area contributed by atoms with Crippen LogP contribution in [0.3, 0.4) is 0 Å². The first-order valence-corrected chi connectivity index (χ1v) is 8.65. The fraction of sp³-hybridized carbons (Fsp3) is 0.667. The Bertz CT molecular complexity index is 417. The zero-order valence-corrected chi connectivity index (χ0v) is 15.0. The van der Waals surface area contributed by atoms with Crippen LogP contribution in [0.4, 0.5) is 0 Å². The van der Waals surface area contributed by atoms with Gasteiger partial charge in [-0.05, 0) is 57.1 Å². The third-order valence-electron chi connectivity index (χ3n) is 4.60. The highest BCUT2D eigenvalue weighted by Gasteiger charge is 2.37. The van der Waals surface area contributed by atoms with Crippen molar-refractivity contribution < 1.29 is 0 Å². The van der Waals surface area contributed by atoms with Crippen molar-refractivity contribution >= 4 is 11.6 Å². The molecule has 2 nitrogen and oxygen atoms in total. The lowest BCUT2D eigenvalue weighted by Crippen LogP contribution is -2.54. The molecule has 1 aromatic carbocycles. The maximum absolute atomic E-state index is 6.22. The molecule has 0 saturated heterocycles. The first kappa shape index (κ1) is 18.5. The van der Waals surface area contributed by atoms with Crippen molar-refractivity contribution in [3.8, 4) is 0 Å². The minimum absolute atomic E-state index is 0.0867. The summed E-state index contributed by atoms with van der Waals surface area (Å²) in [5, 5.41) is 4.57. The van der Waals surface area contributed by atoms with Gasteiger partial charge in [-0.25, -0.2) is 0 Å². The maximum Gasteiger partial charge on any atom is 0.0504 e. The van der Waals surface area contributed by atoms with Crippen LogP contribution in [0.15, 0.2) is 24.3 Å². The van der Waals surface area contributed by atoms with E-state index in [-0.39, 0.29) is 5.54 Å². The van der Waals surface area contributed by atoms with Gasteiger partial charge < -0.3 is 5.32 Å². The van der Waals surface area contributed by atoms with Crippen LogP contribution in [0.2, 0.25) is 5.02 Å². The van der Waals surface area contributed by atoms with Gasteiger partial charge in [0.25, 0.3) is 0 Å². The molecule has 1 rings (SSSR count). The molecular formula is C18H31ClN2. The van der Waals surface area contributed by atoms with E-state index in [1.54, 1.807) is 0 Å². The van der Waals surface area contributed by atoms with Crippen molar-refractivity contribution in [2.24, 2.45) is 0 Å². The highest BCUT2D eigenvalue weighted by atomic mass is 35.5. The third kappa shape index (κ3) is 4.45. The number of hydrogen-bond acceptors (Lipinski definition) is 2. The van der Waals surface area contributed by atoms with Gasteiger partial charge in [0.1, 0.15) is 0 Å². The first-order chi connectivity index (χ1) is 10.0. The summed E-state index contributed by atoms with van der Waals surface area (Å²) >= 11 is 6.22. The maximum atomic E-state index is 6.22. The van der Waals surface area contributed by atoms with Crippen molar-refractivity contribution in [1.82, 2.24) is 10.2 Å². The molecule has 1 N–H and O–H groups in total. The summed E-state index contributed by atoms with van der Waals surface area (Å²) in [5.41, 5.74) is 1.37. The highest BCUT2D eigenvalue weighted by Crippen LogP contribution is 2.35. The Hall–Kier alpha value is -0.570. The monoisotopic (exact) mass is 310 g/mol. The molecular weight excluding hydrogens is 280 g/mol. The van der Waals surface area contributed by atoms with Crippen LogP contribution in [-0.4, -0.2) is 30.1 Å². The van der Waals surface area contributed by atoms with E-state index in [0.717, 1.165) is 37.5 Å². The van der Waals surface area contributed by atoms with E-state index in [1.165, 1.54) is 5.56 Å². The number of nitrogens with zero attached hydrogens (tertiary/aromatic N) is 1. The van der Waals surface area contributed by atoms with Gasteiger partial charge in [-0.1, -0.05) is 51.4 Å². The fourth-order valence-electron chi connectivity index (χ4n) is 3.23. The summed E-state index contributed by atoms with van der Waals surface area (Å²) in [7, 11) is 0. The van der Waals surface area contributed by atoms with Gasteiger partial charge in [0, 0.05) is 10.6 Å². The van der Waals surface area contributed by atoms with E-state index < -0.39 is 0 Å². The minimum Gasteiger partial charge on any atom is -0.308 e. The molecule has 0 aromatic heterocycles. The molecule has 120 valence electrons. The zero-order chi connectivity index (χ0) is 15.9. The Morgan fingerprint density at radius 1 is 1.19 bits per heavy atom. The van der Waals surface area contributed by atoms with Crippen LogP contribution in [0.1, 0.15) is 59.1 Å². The Morgan fingerprint density at radius 3 is 2.33 bits per heavy atom. The molecule has 0 saturated carbocycles. The average Bonchev–Trinajstić information content (AvgIpc) is 2.48. The van der Waals surface area contributed by atoms with Crippen LogP contribution in [-0.2, 0) is 0 Å². The van der Waals surface area contributed by atoms with Crippen LogP contribution in [0.25, 0.3) is 0 Å². The molecule has 0 heterocycles. The molecule has 0 spiro atoms. The number of benzene rings is 1. The molecule has 2 unspecified atom stereocenters. The minimum atomic E-state index is 0.0867. The van der Waals surface area contributed by atoms with Gasteiger partial charge in [-0.2, -0.15) is 0 Å². The molecule has 3 heteroatoms. The summed E-state index contributed by atoms with van der Waals surface area (Å²) in [5.74, 6) is 0. The fourth-order valence-corrected chi connectivity index (χ4v) is 3.43. The van der Waals surface area contributed by atoms with Crippen LogP contribution in [0.5, 0.6) is 0 Å². The Labute approximate surface area is 135 Å². The predicted octanol–water partition coefficient (Wildman–Crippen LogP) is 4.89. The highest BCUT2D eigenvalue weighted by molar-refractivity contribution is 6.30. The second-order valence-electron chi connectivity index (χ2n) is 5.83. The van der Waals surface area contributed by atoms with E-state index in [2.05, 4.69) is 63.0 Å². The number of nitrogens with one attached hydrogen (secondary N) is 1. The Kier molecular flexibility index (Phi) is 7.72. The van der Waals surface area contributed by atoms with Gasteiger partial charge >= 0.3 is 0 Å². The lowest BCUT2D eigenvalue weighted by atomic mass is 9.82. The molecule has 0 aliphatic heterocycles. The molecule has 0 bridgehead atoms. The van der Waals surface area contributed by atoms with E-state index in [1.807, 2.05) is 6.07 Å².